The van der Waals surface area contributed by atoms with E-state index < -0.39 is 11.9 Å². The first-order chi connectivity index (χ1) is 13.4. The van der Waals surface area contributed by atoms with Crippen molar-refractivity contribution in [1.82, 2.24) is 14.7 Å². The van der Waals surface area contributed by atoms with Gasteiger partial charge in [0.15, 0.2) is 0 Å². The number of carboxylic acid groups (broad SMARTS) is 2. The number of likely N-dealkylation sites (N-methyl/N-ethyl adjacent to an activating group) is 1. The lowest BCUT2D eigenvalue weighted by molar-refractivity contribution is -0.159. The van der Waals surface area contributed by atoms with E-state index >= 15 is 0 Å². The summed E-state index contributed by atoms with van der Waals surface area (Å²) in [7, 11) is 2.24. The molecule has 156 valence electrons. The number of carboxylic acids is 2. The topological polar surface area (TPSA) is 84.3 Å². The summed E-state index contributed by atoms with van der Waals surface area (Å²) in [6.07, 6.45) is 4.82. The van der Waals surface area contributed by atoms with Crippen LogP contribution in [0.5, 0.6) is 0 Å². The molecule has 0 aromatic heterocycles. The molecule has 0 amide bonds. The van der Waals surface area contributed by atoms with Gasteiger partial charge in [-0.2, -0.15) is 0 Å². The van der Waals surface area contributed by atoms with E-state index in [-0.39, 0.29) is 0 Å². The number of hydrogen-bond acceptors (Lipinski definition) is 6. The smallest absolute Gasteiger partial charge is 0.414 e. The fraction of sp³-hybridized carbons (Fsp3) is 0.600. The maximum Gasteiger partial charge on any atom is 0.414 e. The molecular weight excluding hydrogens is 378 g/mol. The second-order valence-corrected chi connectivity index (χ2v) is 8.18. The molecule has 2 fully saturated rings. The van der Waals surface area contributed by atoms with Gasteiger partial charge in [-0.1, -0.05) is 12.1 Å². The van der Waals surface area contributed by atoms with Gasteiger partial charge in [-0.25, -0.2) is 9.59 Å². The molecule has 28 heavy (non-hydrogen) atoms. The molecule has 0 spiro atoms. The minimum absolute atomic E-state index is 0.823. The molecule has 2 saturated heterocycles. The van der Waals surface area contributed by atoms with Crippen LogP contribution >= 0.6 is 11.8 Å². The normalized spacial score (nSPS) is 19.6. The SMILES string of the molecule is CSc1ccc(CN2CCC(N3CCN(C)CC3)CC2)cc1.O=C(O)C(=O)O. The van der Waals surface area contributed by atoms with Crippen molar-refractivity contribution >= 4 is 23.7 Å². The van der Waals surface area contributed by atoms with Gasteiger partial charge in [0.1, 0.15) is 0 Å². The van der Waals surface area contributed by atoms with Gasteiger partial charge in [0.25, 0.3) is 0 Å². The van der Waals surface area contributed by atoms with Crippen LogP contribution in [-0.4, -0.2) is 95.5 Å². The van der Waals surface area contributed by atoms with E-state index in [1.165, 1.54) is 62.6 Å². The van der Waals surface area contributed by atoms with Gasteiger partial charge < -0.3 is 15.1 Å². The van der Waals surface area contributed by atoms with Crippen LogP contribution in [0.2, 0.25) is 0 Å². The summed E-state index contributed by atoms with van der Waals surface area (Å²) in [6.45, 7) is 8.62. The highest BCUT2D eigenvalue weighted by Crippen LogP contribution is 2.21. The Labute approximate surface area is 171 Å². The van der Waals surface area contributed by atoms with Crippen LogP contribution in [0, 0.1) is 0 Å². The van der Waals surface area contributed by atoms with Gasteiger partial charge in [0.05, 0.1) is 0 Å². The van der Waals surface area contributed by atoms with Crippen LogP contribution in [0.15, 0.2) is 29.2 Å². The largest absolute Gasteiger partial charge is 0.473 e. The van der Waals surface area contributed by atoms with Crippen LogP contribution in [-0.2, 0) is 16.1 Å². The molecule has 1 aromatic carbocycles. The predicted octanol–water partition coefficient (Wildman–Crippen LogP) is 1.78. The van der Waals surface area contributed by atoms with E-state index in [2.05, 4.69) is 52.3 Å². The number of nitrogens with zero attached hydrogens (tertiary/aromatic N) is 3. The molecule has 0 aliphatic carbocycles. The molecule has 8 heteroatoms. The van der Waals surface area contributed by atoms with Crippen molar-refractivity contribution in [2.45, 2.75) is 30.3 Å². The molecule has 0 bridgehead atoms. The third-order valence-corrected chi connectivity index (χ3v) is 6.10. The molecular formula is C20H31N3O4S. The summed E-state index contributed by atoms with van der Waals surface area (Å²) in [6, 6.07) is 9.90. The number of hydrogen-bond donors (Lipinski definition) is 2. The molecule has 2 aliphatic heterocycles. The van der Waals surface area contributed by atoms with Crippen LogP contribution in [0.1, 0.15) is 18.4 Å². The van der Waals surface area contributed by atoms with Crippen LogP contribution in [0.4, 0.5) is 0 Å². The van der Waals surface area contributed by atoms with Crippen LogP contribution < -0.4 is 0 Å². The van der Waals surface area contributed by atoms with Gasteiger partial charge in [-0.05, 0) is 56.9 Å². The lowest BCUT2D eigenvalue weighted by Crippen LogP contribution is -2.52. The van der Waals surface area contributed by atoms with Crippen molar-refractivity contribution in [2.75, 3.05) is 52.6 Å². The highest BCUT2D eigenvalue weighted by atomic mass is 32.2. The molecule has 2 aliphatic rings. The summed E-state index contributed by atoms with van der Waals surface area (Å²) >= 11 is 1.82. The van der Waals surface area contributed by atoms with Crippen molar-refractivity contribution in [1.29, 1.82) is 0 Å². The first-order valence-corrected chi connectivity index (χ1v) is 10.9. The summed E-state index contributed by atoms with van der Waals surface area (Å²) in [5.41, 5.74) is 1.45. The Bertz CT molecular complexity index is 613. The van der Waals surface area contributed by atoms with Crippen LogP contribution in [0.3, 0.4) is 0 Å². The third-order valence-electron chi connectivity index (χ3n) is 5.36. The molecule has 0 saturated carbocycles. The fourth-order valence-corrected chi connectivity index (χ4v) is 4.03. The van der Waals surface area contributed by atoms with Crippen molar-refractivity contribution < 1.29 is 19.8 Å². The lowest BCUT2D eigenvalue weighted by Gasteiger charge is -2.42. The first kappa shape index (κ1) is 22.7. The molecule has 0 atom stereocenters. The van der Waals surface area contributed by atoms with Gasteiger partial charge in [0, 0.05) is 43.7 Å². The standard InChI is InChI=1S/C18H29N3S.C2H2O4/c1-19-11-13-21(14-12-19)17-7-9-20(10-8-17)15-16-3-5-18(22-2)6-4-16;3-1(4)2(5)6/h3-6,17H,7-15H2,1-2H3;(H,3,4)(H,5,6). The van der Waals surface area contributed by atoms with E-state index in [0.717, 1.165) is 12.6 Å². The van der Waals surface area contributed by atoms with Gasteiger partial charge in [-0.15, -0.1) is 11.8 Å². The second kappa shape index (κ2) is 11.4. The summed E-state index contributed by atoms with van der Waals surface area (Å²) in [5, 5.41) is 14.8. The Hall–Kier alpha value is -1.61. The van der Waals surface area contributed by atoms with E-state index in [0.29, 0.717) is 0 Å². The van der Waals surface area contributed by atoms with Crippen molar-refractivity contribution in [3.05, 3.63) is 29.8 Å². The Kier molecular flexibility index (Phi) is 9.24. The number of piperazine rings is 1. The first-order valence-electron chi connectivity index (χ1n) is 9.63. The minimum Gasteiger partial charge on any atom is -0.473 e. The second-order valence-electron chi connectivity index (χ2n) is 7.30. The number of piperidine rings is 1. The number of thioether (sulfide) groups is 1. The Morgan fingerprint density at radius 3 is 1.96 bits per heavy atom. The van der Waals surface area contributed by atoms with Crippen molar-refractivity contribution in [3.63, 3.8) is 0 Å². The van der Waals surface area contributed by atoms with E-state index in [9.17, 15) is 0 Å². The zero-order valence-electron chi connectivity index (χ0n) is 16.7. The lowest BCUT2D eigenvalue weighted by atomic mass is 10.0. The van der Waals surface area contributed by atoms with E-state index in [1.54, 1.807) is 0 Å². The Morgan fingerprint density at radius 2 is 1.50 bits per heavy atom. The molecule has 1 aromatic rings. The zero-order valence-corrected chi connectivity index (χ0v) is 17.5. The molecule has 0 radical (unpaired) electrons. The fourth-order valence-electron chi connectivity index (χ4n) is 3.62. The molecule has 7 nitrogen and oxygen atoms in total. The third kappa shape index (κ3) is 7.43. The molecule has 3 rings (SSSR count). The van der Waals surface area contributed by atoms with Gasteiger partial charge in [0.2, 0.25) is 0 Å². The summed E-state index contributed by atoms with van der Waals surface area (Å²) in [5.74, 6) is -3.65. The van der Waals surface area contributed by atoms with Crippen molar-refractivity contribution in [3.8, 4) is 0 Å². The van der Waals surface area contributed by atoms with E-state index in [4.69, 9.17) is 19.8 Å². The summed E-state index contributed by atoms with van der Waals surface area (Å²) < 4.78 is 0. The Morgan fingerprint density at radius 1 is 0.964 bits per heavy atom. The average Bonchev–Trinajstić information content (AvgIpc) is 2.70. The summed E-state index contributed by atoms with van der Waals surface area (Å²) in [4.78, 5) is 27.4. The minimum atomic E-state index is -1.82. The maximum atomic E-state index is 9.10. The highest BCUT2D eigenvalue weighted by Gasteiger charge is 2.26. The molecule has 2 N–H and O–H groups in total. The number of aliphatic carboxylic acids is 2. The maximum absolute atomic E-state index is 9.10. The highest BCUT2D eigenvalue weighted by molar-refractivity contribution is 7.98. The number of carbonyl (C=O) groups is 2. The quantitative estimate of drug-likeness (QED) is 0.575. The predicted molar refractivity (Wildman–Crippen MR) is 111 cm³/mol. The molecule has 0 unspecified atom stereocenters. The monoisotopic (exact) mass is 409 g/mol. The number of benzene rings is 1. The van der Waals surface area contributed by atoms with E-state index in [1.807, 2.05) is 11.8 Å². The average molecular weight is 410 g/mol. The van der Waals surface area contributed by atoms with Crippen molar-refractivity contribution in [2.24, 2.45) is 0 Å². The Balaban J connectivity index is 0.000000409. The molecule has 2 heterocycles. The zero-order chi connectivity index (χ0) is 20.5. The number of likely N-dealkylation sites (tertiary alicyclic amines) is 1. The number of rotatable bonds is 4. The van der Waals surface area contributed by atoms with Gasteiger partial charge in [-0.3, -0.25) is 9.80 Å². The van der Waals surface area contributed by atoms with Crippen LogP contribution in [0.25, 0.3) is 0 Å². The van der Waals surface area contributed by atoms with Gasteiger partial charge >= 0.3 is 11.9 Å².